The van der Waals surface area contributed by atoms with Crippen molar-refractivity contribution in [3.63, 3.8) is 0 Å². The summed E-state index contributed by atoms with van der Waals surface area (Å²) < 4.78 is 5.53. The fraction of sp³-hybridized carbons (Fsp3) is 0.556. The Bertz CT molecular complexity index is 422. The average Bonchev–Trinajstić information content (AvgIpc) is 2.51. The van der Waals surface area contributed by atoms with Gasteiger partial charge in [-0.25, -0.2) is 0 Å². The standard InChI is InChI=1S/C18H27NO/c1-3-14-19-18(15-8-6-5-7-9-15)16-10-12-17(13-11-16)20-4-2/h8,10-13,18-19H,3-7,9,14H2,1-2H3. The molecule has 0 heterocycles. The predicted molar refractivity (Wildman–Crippen MR) is 85.2 cm³/mol. The van der Waals surface area contributed by atoms with E-state index in [1.54, 1.807) is 5.57 Å². The minimum absolute atomic E-state index is 0.380. The number of rotatable bonds is 7. The van der Waals surface area contributed by atoms with Crippen molar-refractivity contribution < 1.29 is 4.74 Å². The molecular formula is C18H27NO. The number of ether oxygens (including phenoxy) is 1. The zero-order valence-corrected chi connectivity index (χ0v) is 12.8. The molecule has 0 aromatic heterocycles. The third-order valence-corrected chi connectivity index (χ3v) is 3.82. The lowest BCUT2D eigenvalue weighted by Crippen LogP contribution is -2.24. The van der Waals surface area contributed by atoms with Crippen LogP contribution in [0.15, 0.2) is 35.9 Å². The Morgan fingerprint density at radius 2 is 1.95 bits per heavy atom. The van der Waals surface area contributed by atoms with Gasteiger partial charge < -0.3 is 10.1 Å². The molecule has 110 valence electrons. The molecule has 2 nitrogen and oxygen atoms in total. The lowest BCUT2D eigenvalue weighted by Gasteiger charge is -2.25. The second kappa shape index (κ2) is 8.11. The van der Waals surface area contributed by atoms with Gasteiger partial charge in [-0.1, -0.05) is 30.7 Å². The normalized spacial score (nSPS) is 16.6. The maximum Gasteiger partial charge on any atom is 0.119 e. The molecule has 1 N–H and O–H groups in total. The van der Waals surface area contributed by atoms with Crippen LogP contribution in [0.25, 0.3) is 0 Å². The summed E-state index contributed by atoms with van der Waals surface area (Å²) in [5.74, 6) is 0.961. The van der Waals surface area contributed by atoms with Crippen molar-refractivity contribution in [3.8, 4) is 5.75 Å². The SMILES string of the molecule is CCCNC(C1=CCCCC1)c1ccc(OCC)cc1. The Kier molecular flexibility index (Phi) is 6.13. The molecule has 1 aromatic carbocycles. The molecule has 20 heavy (non-hydrogen) atoms. The van der Waals surface area contributed by atoms with Crippen LogP contribution in [0.2, 0.25) is 0 Å². The number of hydrogen-bond donors (Lipinski definition) is 1. The first-order valence-electron chi connectivity index (χ1n) is 8.00. The fourth-order valence-corrected chi connectivity index (χ4v) is 2.80. The van der Waals surface area contributed by atoms with E-state index in [1.165, 1.54) is 37.7 Å². The first-order chi connectivity index (χ1) is 9.85. The largest absolute Gasteiger partial charge is 0.494 e. The van der Waals surface area contributed by atoms with E-state index in [9.17, 15) is 0 Å². The van der Waals surface area contributed by atoms with Crippen molar-refractivity contribution in [1.29, 1.82) is 0 Å². The second-order valence-corrected chi connectivity index (χ2v) is 5.41. The molecular weight excluding hydrogens is 246 g/mol. The van der Waals surface area contributed by atoms with Crippen LogP contribution >= 0.6 is 0 Å². The first-order valence-corrected chi connectivity index (χ1v) is 8.00. The molecule has 1 unspecified atom stereocenters. The molecule has 0 bridgehead atoms. The van der Waals surface area contributed by atoms with Crippen molar-refractivity contribution in [1.82, 2.24) is 5.32 Å². The van der Waals surface area contributed by atoms with Crippen LogP contribution in [0.1, 0.15) is 57.6 Å². The maximum atomic E-state index is 5.53. The van der Waals surface area contributed by atoms with Gasteiger partial charge in [0.2, 0.25) is 0 Å². The molecule has 0 spiro atoms. The van der Waals surface area contributed by atoms with E-state index in [-0.39, 0.29) is 0 Å². The van der Waals surface area contributed by atoms with E-state index >= 15 is 0 Å². The molecule has 2 heteroatoms. The summed E-state index contributed by atoms with van der Waals surface area (Å²) in [6.07, 6.45) is 8.74. The molecule has 1 aliphatic rings. The topological polar surface area (TPSA) is 21.3 Å². The molecule has 2 rings (SSSR count). The second-order valence-electron chi connectivity index (χ2n) is 5.41. The highest BCUT2D eigenvalue weighted by atomic mass is 16.5. The predicted octanol–water partition coefficient (Wildman–Crippen LogP) is 4.63. The smallest absolute Gasteiger partial charge is 0.119 e. The van der Waals surface area contributed by atoms with E-state index in [0.717, 1.165) is 18.9 Å². The van der Waals surface area contributed by atoms with Crippen molar-refractivity contribution in [2.75, 3.05) is 13.2 Å². The minimum Gasteiger partial charge on any atom is -0.494 e. The Morgan fingerprint density at radius 3 is 2.55 bits per heavy atom. The van der Waals surface area contributed by atoms with Gasteiger partial charge in [-0.2, -0.15) is 0 Å². The zero-order chi connectivity index (χ0) is 14.2. The Balaban J connectivity index is 2.14. The average molecular weight is 273 g/mol. The van der Waals surface area contributed by atoms with Crippen LogP contribution in [-0.2, 0) is 0 Å². The third-order valence-electron chi connectivity index (χ3n) is 3.82. The Morgan fingerprint density at radius 1 is 1.15 bits per heavy atom. The lowest BCUT2D eigenvalue weighted by molar-refractivity contribution is 0.340. The van der Waals surface area contributed by atoms with Gasteiger partial charge in [-0.05, 0) is 63.3 Å². The number of nitrogens with one attached hydrogen (secondary N) is 1. The van der Waals surface area contributed by atoms with Crippen LogP contribution in [0.4, 0.5) is 0 Å². The zero-order valence-electron chi connectivity index (χ0n) is 12.8. The third kappa shape index (κ3) is 4.11. The van der Waals surface area contributed by atoms with Gasteiger partial charge in [0.1, 0.15) is 5.75 Å². The van der Waals surface area contributed by atoms with Crippen LogP contribution in [0, 0.1) is 0 Å². The summed E-state index contributed by atoms with van der Waals surface area (Å²) in [5.41, 5.74) is 2.92. The van der Waals surface area contributed by atoms with E-state index in [2.05, 4.69) is 42.6 Å². The van der Waals surface area contributed by atoms with Crippen LogP contribution in [-0.4, -0.2) is 13.2 Å². The van der Waals surface area contributed by atoms with Gasteiger partial charge in [0, 0.05) is 0 Å². The van der Waals surface area contributed by atoms with Gasteiger partial charge in [0.15, 0.2) is 0 Å². The molecule has 0 saturated carbocycles. The summed E-state index contributed by atoms with van der Waals surface area (Å²) in [6.45, 7) is 6.03. The van der Waals surface area contributed by atoms with Gasteiger partial charge >= 0.3 is 0 Å². The number of allylic oxidation sites excluding steroid dienone is 1. The molecule has 0 radical (unpaired) electrons. The number of benzene rings is 1. The summed E-state index contributed by atoms with van der Waals surface area (Å²) in [6, 6.07) is 8.96. The molecule has 1 aromatic rings. The Labute approximate surface area is 123 Å². The number of hydrogen-bond acceptors (Lipinski definition) is 2. The van der Waals surface area contributed by atoms with Crippen LogP contribution in [0.3, 0.4) is 0 Å². The summed E-state index contributed by atoms with van der Waals surface area (Å²) in [7, 11) is 0. The highest BCUT2D eigenvalue weighted by Crippen LogP contribution is 2.30. The molecule has 1 atom stereocenters. The molecule has 1 aliphatic carbocycles. The monoisotopic (exact) mass is 273 g/mol. The van der Waals surface area contributed by atoms with Crippen molar-refractivity contribution in [2.24, 2.45) is 0 Å². The van der Waals surface area contributed by atoms with Gasteiger partial charge in [-0.3, -0.25) is 0 Å². The van der Waals surface area contributed by atoms with E-state index < -0.39 is 0 Å². The minimum atomic E-state index is 0.380. The fourth-order valence-electron chi connectivity index (χ4n) is 2.80. The van der Waals surface area contributed by atoms with Crippen LogP contribution in [0.5, 0.6) is 5.75 Å². The van der Waals surface area contributed by atoms with Crippen LogP contribution < -0.4 is 10.1 Å². The van der Waals surface area contributed by atoms with Crippen molar-refractivity contribution >= 4 is 0 Å². The van der Waals surface area contributed by atoms with Crippen molar-refractivity contribution in [3.05, 3.63) is 41.5 Å². The van der Waals surface area contributed by atoms with E-state index in [1.807, 2.05) is 6.92 Å². The van der Waals surface area contributed by atoms with Gasteiger partial charge in [-0.15, -0.1) is 0 Å². The van der Waals surface area contributed by atoms with Crippen molar-refractivity contribution in [2.45, 2.75) is 52.0 Å². The molecule has 0 fully saturated rings. The summed E-state index contributed by atoms with van der Waals surface area (Å²) in [5, 5.41) is 3.70. The highest BCUT2D eigenvalue weighted by Gasteiger charge is 2.17. The first kappa shape index (κ1) is 15.1. The van der Waals surface area contributed by atoms with E-state index in [0.29, 0.717) is 6.04 Å². The summed E-state index contributed by atoms with van der Waals surface area (Å²) >= 11 is 0. The molecule has 0 saturated heterocycles. The highest BCUT2D eigenvalue weighted by molar-refractivity contribution is 5.34. The summed E-state index contributed by atoms with van der Waals surface area (Å²) in [4.78, 5) is 0. The maximum absolute atomic E-state index is 5.53. The quantitative estimate of drug-likeness (QED) is 0.732. The van der Waals surface area contributed by atoms with Gasteiger partial charge in [0.25, 0.3) is 0 Å². The van der Waals surface area contributed by atoms with E-state index in [4.69, 9.17) is 4.74 Å². The molecule has 0 aliphatic heterocycles. The van der Waals surface area contributed by atoms with Gasteiger partial charge in [0.05, 0.1) is 12.6 Å². The lowest BCUT2D eigenvalue weighted by atomic mass is 9.89. The molecule has 0 amide bonds. The Hall–Kier alpha value is -1.28.